The van der Waals surface area contributed by atoms with E-state index in [1.165, 1.54) is 0 Å². The Morgan fingerprint density at radius 2 is 1.82 bits per heavy atom. The Balaban J connectivity index is 1.60. The van der Waals surface area contributed by atoms with Crippen molar-refractivity contribution >= 4 is 23.7 Å². The van der Waals surface area contributed by atoms with Crippen LogP contribution in [0.2, 0.25) is 0 Å². The van der Waals surface area contributed by atoms with Gasteiger partial charge in [0.25, 0.3) is 0 Å². The number of likely N-dealkylation sites (tertiary alicyclic amines) is 1. The lowest BCUT2D eigenvalue weighted by Crippen LogP contribution is -2.46. The fraction of sp³-hybridized carbons (Fsp3) is 0.375. The molecule has 0 radical (unpaired) electrons. The number of amides is 2. The molecule has 1 heterocycles. The van der Waals surface area contributed by atoms with Crippen LogP contribution in [-0.2, 0) is 25.7 Å². The molecule has 2 amide bonds. The highest BCUT2D eigenvalue weighted by Gasteiger charge is 2.34. The first-order valence-electron chi connectivity index (χ1n) is 10.8. The minimum absolute atomic E-state index is 0.0462. The van der Waals surface area contributed by atoms with E-state index in [4.69, 9.17) is 20.3 Å². The number of nitrogen functional groups attached to an aromatic ring is 1. The Kier molecular flexibility index (Phi) is 8.65. The molecule has 1 unspecified atom stereocenters. The van der Waals surface area contributed by atoms with Gasteiger partial charge in [-0.15, -0.1) is 0 Å². The lowest BCUT2D eigenvalue weighted by atomic mass is 9.88. The summed E-state index contributed by atoms with van der Waals surface area (Å²) in [4.78, 5) is 36.9. The monoisotopic (exact) mass is 455 g/mol. The highest BCUT2D eigenvalue weighted by Crippen LogP contribution is 2.30. The second-order valence-electron chi connectivity index (χ2n) is 7.89. The largest absolute Gasteiger partial charge is 0.481 e. The van der Waals surface area contributed by atoms with Gasteiger partial charge in [-0.1, -0.05) is 42.5 Å². The quantitative estimate of drug-likeness (QED) is 0.495. The zero-order valence-corrected chi connectivity index (χ0v) is 18.3. The minimum atomic E-state index is -0.980. The lowest BCUT2D eigenvalue weighted by Gasteiger charge is -2.38. The average molecular weight is 456 g/mol. The number of nitrogens with one attached hydrogen (secondary N) is 1. The van der Waals surface area contributed by atoms with Gasteiger partial charge in [-0.25, -0.2) is 4.79 Å². The van der Waals surface area contributed by atoms with Crippen LogP contribution in [0.25, 0.3) is 0 Å². The zero-order valence-electron chi connectivity index (χ0n) is 18.3. The van der Waals surface area contributed by atoms with E-state index in [0.717, 1.165) is 11.1 Å². The maximum absolute atomic E-state index is 12.7. The molecular weight excluding hydrogens is 426 g/mol. The van der Waals surface area contributed by atoms with E-state index in [0.29, 0.717) is 25.2 Å². The van der Waals surface area contributed by atoms with Crippen molar-refractivity contribution in [2.75, 3.05) is 32.0 Å². The third kappa shape index (κ3) is 7.50. The first-order valence-corrected chi connectivity index (χ1v) is 10.8. The highest BCUT2D eigenvalue weighted by atomic mass is 16.6. The number of rotatable bonds is 9. The molecule has 0 spiro atoms. The van der Waals surface area contributed by atoms with Crippen LogP contribution in [0.1, 0.15) is 29.9 Å². The second kappa shape index (κ2) is 11.9. The van der Waals surface area contributed by atoms with Gasteiger partial charge < -0.3 is 30.5 Å². The van der Waals surface area contributed by atoms with Crippen LogP contribution in [0.15, 0.2) is 54.6 Å². The summed E-state index contributed by atoms with van der Waals surface area (Å²) < 4.78 is 11.4. The van der Waals surface area contributed by atoms with Crippen molar-refractivity contribution in [2.45, 2.75) is 31.5 Å². The molecule has 2 aromatic rings. The minimum Gasteiger partial charge on any atom is -0.481 e. The first-order chi connectivity index (χ1) is 15.9. The summed E-state index contributed by atoms with van der Waals surface area (Å²) in [5, 5.41) is 11.2. The van der Waals surface area contributed by atoms with Crippen LogP contribution in [0.5, 0.6) is 0 Å². The molecule has 1 aliphatic heterocycles. The number of benzene rings is 2. The van der Waals surface area contributed by atoms with Crippen LogP contribution in [0, 0.1) is 0 Å². The summed E-state index contributed by atoms with van der Waals surface area (Å²) in [5.74, 6) is -1.53. The Hall–Kier alpha value is -3.59. The van der Waals surface area contributed by atoms with E-state index in [2.05, 4.69) is 5.32 Å². The number of anilines is 1. The molecule has 1 fully saturated rings. The van der Waals surface area contributed by atoms with E-state index in [1.54, 1.807) is 17.0 Å². The van der Waals surface area contributed by atoms with Gasteiger partial charge in [-0.05, 0) is 29.7 Å². The van der Waals surface area contributed by atoms with E-state index in [-0.39, 0.29) is 44.1 Å². The van der Waals surface area contributed by atoms with Crippen molar-refractivity contribution in [1.82, 2.24) is 10.2 Å². The Labute approximate surface area is 192 Å². The van der Waals surface area contributed by atoms with Crippen LogP contribution < -0.4 is 11.1 Å². The predicted octanol–water partition coefficient (Wildman–Crippen LogP) is 2.37. The number of nitrogens with zero attached hydrogens (tertiary/aromatic N) is 1. The summed E-state index contributed by atoms with van der Waals surface area (Å²) in [5.41, 5.74) is 8.30. The molecule has 176 valence electrons. The molecule has 2 atom stereocenters. The van der Waals surface area contributed by atoms with Gasteiger partial charge in [-0.2, -0.15) is 0 Å². The summed E-state index contributed by atoms with van der Waals surface area (Å²) in [7, 11) is 0. The number of hydrogen-bond donors (Lipinski definition) is 3. The molecule has 4 N–H and O–H groups in total. The van der Waals surface area contributed by atoms with Gasteiger partial charge in [0.2, 0.25) is 5.91 Å². The molecule has 1 saturated heterocycles. The fourth-order valence-corrected chi connectivity index (χ4v) is 3.71. The van der Waals surface area contributed by atoms with E-state index >= 15 is 0 Å². The van der Waals surface area contributed by atoms with Crippen molar-refractivity contribution in [3.8, 4) is 0 Å². The topological polar surface area (TPSA) is 131 Å². The normalized spacial score (nSPS) is 17.9. The standard InChI is InChI=1S/C24H29N3O6/c25-19-8-6-18(7-9-19)20-14-27(24(31)33-15-17-4-2-1-3-5-17)13-11-21(20)32-16-22(28)26-12-10-23(29)30/h1-9,20-21H,10-16,25H2,(H,26,28)(H,29,30)/t20?,21-/m0/s1. The van der Waals surface area contributed by atoms with Crippen LogP contribution >= 0.6 is 0 Å². The number of carbonyl (C=O) groups is 3. The van der Waals surface area contributed by atoms with Crippen LogP contribution in [0.3, 0.4) is 0 Å². The maximum atomic E-state index is 12.7. The summed E-state index contributed by atoms with van der Waals surface area (Å²) in [6.45, 7) is 0.866. The van der Waals surface area contributed by atoms with E-state index in [9.17, 15) is 14.4 Å². The fourth-order valence-electron chi connectivity index (χ4n) is 3.71. The number of carbonyl (C=O) groups excluding carboxylic acids is 2. The number of carboxylic acid groups (broad SMARTS) is 1. The molecule has 1 aliphatic rings. The van der Waals surface area contributed by atoms with Crippen molar-refractivity contribution in [2.24, 2.45) is 0 Å². The molecule has 0 saturated carbocycles. The van der Waals surface area contributed by atoms with Gasteiger partial charge in [0.1, 0.15) is 13.2 Å². The van der Waals surface area contributed by atoms with Gasteiger partial charge >= 0.3 is 12.1 Å². The average Bonchev–Trinajstić information content (AvgIpc) is 2.82. The number of piperidine rings is 1. The van der Waals surface area contributed by atoms with E-state index in [1.807, 2.05) is 42.5 Å². The zero-order chi connectivity index (χ0) is 23.6. The van der Waals surface area contributed by atoms with Gasteiger partial charge in [0.05, 0.1) is 12.5 Å². The number of carboxylic acids is 1. The molecular formula is C24H29N3O6. The molecule has 0 bridgehead atoms. The van der Waals surface area contributed by atoms with Crippen molar-refractivity contribution in [3.63, 3.8) is 0 Å². The van der Waals surface area contributed by atoms with Gasteiger partial charge in [0, 0.05) is 31.2 Å². The van der Waals surface area contributed by atoms with E-state index < -0.39 is 12.1 Å². The van der Waals surface area contributed by atoms with Crippen LogP contribution in [-0.4, -0.2) is 60.3 Å². The number of ether oxygens (including phenoxy) is 2. The maximum Gasteiger partial charge on any atom is 0.410 e. The second-order valence-corrected chi connectivity index (χ2v) is 7.89. The Morgan fingerprint density at radius 1 is 1.09 bits per heavy atom. The Bertz CT molecular complexity index is 935. The SMILES string of the molecule is Nc1ccc(C2CN(C(=O)OCc3ccccc3)CC[C@@H]2OCC(=O)NCCC(=O)O)cc1. The molecule has 9 nitrogen and oxygen atoms in total. The molecule has 2 aromatic carbocycles. The van der Waals surface area contributed by atoms with Crippen molar-refractivity contribution < 1.29 is 29.0 Å². The molecule has 0 aromatic heterocycles. The third-order valence-corrected chi connectivity index (χ3v) is 5.47. The third-order valence-electron chi connectivity index (χ3n) is 5.47. The number of aliphatic carboxylic acids is 1. The van der Waals surface area contributed by atoms with Gasteiger partial charge in [0.15, 0.2) is 0 Å². The summed E-state index contributed by atoms with van der Waals surface area (Å²) in [6, 6.07) is 16.8. The molecule has 3 rings (SSSR count). The summed E-state index contributed by atoms with van der Waals surface area (Å²) >= 11 is 0. The Morgan fingerprint density at radius 3 is 2.52 bits per heavy atom. The smallest absolute Gasteiger partial charge is 0.410 e. The first kappa shape index (κ1) is 24.1. The van der Waals surface area contributed by atoms with Crippen molar-refractivity contribution in [3.05, 3.63) is 65.7 Å². The predicted molar refractivity (Wildman–Crippen MR) is 121 cm³/mol. The number of nitrogens with two attached hydrogens (primary N) is 1. The molecule has 9 heteroatoms. The highest BCUT2D eigenvalue weighted by molar-refractivity contribution is 5.78. The summed E-state index contributed by atoms with van der Waals surface area (Å²) in [6.07, 6.45) is -0.317. The van der Waals surface area contributed by atoms with Gasteiger partial charge in [-0.3, -0.25) is 9.59 Å². The lowest BCUT2D eigenvalue weighted by molar-refractivity contribution is -0.137. The number of hydrogen-bond acceptors (Lipinski definition) is 6. The molecule has 0 aliphatic carbocycles. The molecule has 33 heavy (non-hydrogen) atoms. The van der Waals surface area contributed by atoms with Crippen molar-refractivity contribution in [1.29, 1.82) is 0 Å². The van der Waals surface area contributed by atoms with Crippen LogP contribution in [0.4, 0.5) is 10.5 Å².